The van der Waals surface area contributed by atoms with Gasteiger partial charge in [0.15, 0.2) is 0 Å². The smallest absolute Gasteiger partial charge is 0.417 e. The van der Waals surface area contributed by atoms with Gasteiger partial charge in [-0.1, -0.05) is 12.1 Å². The fourth-order valence-electron chi connectivity index (χ4n) is 1.47. The van der Waals surface area contributed by atoms with Crippen molar-refractivity contribution in [2.45, 2.75) is 6.18 Å². The molecule has 0 fully saturated rings. The molecule has 0 N–H and O–H groups in total. The maximum Gasteiger partial charge on any atom is 0.417 e. The molecule has 5 heteroatoms. The van der Waals surface area contributed by atoms with Crippen molar-refractivity contribution < 1.29 is 17.9 Å². The average molecular weight is 258 g/mol. The molecule has 0 radical (unpaired) electrons. The zero-order valence-electron chi connectivity index (χ0n) is 8.91. The Balaban J connectivity index is 2.44. The Hall–Kier alpha value is -1.49. The number of ether oxygens (including phenoxy) is 1. The van der Waals surface area contributed by atoms with Crippen LogP contribution in [0.3, 0.4) is 0 Å². The zero-order chi connectivity index (χ0) is 12.5. The fourth-order valence-corrected chi connectivity index (χ4v) is 2.42. The summed E-state index contributed by atoms with van der Waals surface area (Å²) in [6, 6.07) is 8.15. The van der Waals surface area contributed by atoms with Crippen LogP contribution < -0.4 is 4.74 Å². The van der Waals surface area contributed by atoms with E-state index in [9.17, 15) is 13.2 Å². The Morgan fingerprint density at radius 1 is 1.18 bits per heavy atom. The van der Waals surface area contributed by atoms with Crippen molar-refractivity contribution in [3.63, 3.8) is 0 Å². The molecule has 0 atom stereocenters. The van der Waals surface area contributed by atoms with Crippen molar-refractivity contribution in [3.05, 3.63) is 41.3 Å². The van der Waals surface area contributed by atoms with Gasteiger partial charge in [-0.25, -0.2) is 0 Å². The molecule has 2 aromatic rings. The SMILES string of the molecule is COc1ccccc1-c1cc(C(F)(F)F)cs1. The van der Waals surface area contributed by atoms with Crippen LogP contribution in [0.25, 0.3) is 10.4 Å². The molecule has 0 saturated heterocycles. The average Bonchev–Trinajstić information content (AvgIpc) is 2.77. The molecule has 1 heterocycles. The summed E-state index contributed by atoms with van der Waals surface area (Å²) >= 11 is 1.06. The van der Waals surface area contributed by atoms with Gasteiger partial charge in [-0.05, 0) is 18.2 Å². The standard InChI is InChI=1S/C12H9F3OS/c1-16-10-5-3-2-4-9(10)11-6-8(7-17-11)12(13,14)15/h2-7H,1H3. The van der Waals surface area contributed by atoms with Crippen LogP contribution in [0.1, 0.15) is 5.56 Å². The van der Waals surface area contributed by atoms with Gasteiger partial charge in [0.2, 0.25) is 0 Å². The summed E-state index contributed by atoms with van der Waals surface area (Å²) in [5, 5.41) is 1.11. The maximum absolute atomic E-state index is 12.5. The summed E-state index contributed by atoms with van der Waals surface area (Å²) in [5.41, 5.74) is 0.0545. The number of rotatable bonds is 2. The quantitative estimate of drug-likeness (QED) is 0.773. The molecule has 0 bridgehead atoms. The Morgan fingerprint density at radius 3 is 2.47 bits per heavy atom. The first-order valence-electron chi connectivity index (χ1n) is 4.81. The minimum absolute atomic E-state index is 0.551. The van der Waals surface area contributed by atoms with E-state index in [1.807, 2.05) is 0 Å². The van der Waals surface area contributed by atoms with E-state index in [2.05, 4.69) is 0 Å². The van der Waals surface area contributed by atoms with Crippen molar-refractivity contribution in [3.8, 4) is 16.2 Å². The van der Waals surface area contributed by atoms with E-state index in [1.165, 1.54) is 7.11 Å². The van der Waals surface area contributed by atoms with Crippen LogP contribution in [0.4, 0.5) is 13.2 Å². The molecule has 0 aliphatic rings. The predicted octanol–water partition coefficient (Wildman–Crippen LogP) is 4.44. The summed E-state index contributed by atoms with van der Waals surface area (Å²) in [6.45, 7) is 0. The highest BCUT2D eigenvalue weighted by atomic mass is 32.1. The summed E-state index contributed by atoms with van der Waals surface area (Å²) in [5.74, 6) is 0.572. The molecular formula is C12H9F3OS. The third kappa shape index (κ3) is 2.44. The first kappa shape index (κ1) is 12.0. The lowest BCUT2D eigenvalue weighted by Gasteiger charge is -2.05. The van der Waals surface area contributed by atoms with Crippen molar-refractivity contribution in [1.82, 2.24) is 0 Å². The molecule has 17 heavy (non-hydrogen) atoms. The van der Waals surface area contributed by atoms with Crippen molar-refractivity contribution in [1.29, 1.82) is 0 Å². The van der Waals surface area contributed by atoms with E-state index in [1.54, 1.807) is 24.3 Å². The minimum atomic E-state index is -4.29. The first-order chi connectivity index (χ1) is 8.02. The third-order valence-corrected chi connectivity index (χ3v) is 3.26. The number of hydrogen-bond donors (Lipinski definition) is 0. The highest BCUT2D eigenvalue weighted by molar-refractivity contribution is 7.13. The van der Waals surface area contributed by atoms with Crippen molar-refractivity contribution in [2.24, 2.45) is 0 Å². The largest absolute Gasteiger partial charge is 0.496 e. The Kier molecular flexibility index (Phi) is 3.11. The molecule has 0 aliphatic heterocycles. The molecule has 1 nitrogen and oxygen atoms in total. The number of methoxy groups -OCH3 is 1. The zero-order valence-corrected chi connectivity index (χ0v) is 9.73. The second-order valence-corrected chi connectivity index (χ2v) is 4.31. The number of thiophene rings is 1. The second-order valence-electron chi connectivity index (χ2n) is 3.40. The van der Waals surface area contributed by atoms with Crippen LogP contribution in [0, 0.1) is 0 Å². The van der Waals surface area contributed by atoms with Crippen LogP contribution in [-0.2, 0) is 6.18 Å². The van der Waals surface area contributed by atoms with Gasteiger partial charge >= 0.3 is 6.18 Å². The molecule has 1 aromatic carbocycles. The lowest BCUT2D eigenvalue weighted by atomic mass is 10.1. The molecule has 0 spiro atoms. The Morgan fingerprint density at radius 2 is 1.88 bits per heavy atom. The number of alkyl halides is 3. The highest BCUT2D eigenvalue weighted by Crippen LogP contribution is 2.39. The van der Waals surface area contributed by atoms with E-state index in [0.717, 1.165) is 22.8 Å². The van der Waals surface area contributed by atoms with Gasteiger partial charge in [0.05, 0.1) is 12.7 Å². The van der Waals surface area contributed by atoms with Crippen molar-refractivity contribution in [2.75, 3.05) is 7.11 Å². The van der Waals surface area contributed by atoms with Crippen LogP contribution >= 0.6 is 11.3 Å². The predicted molar refractivity (Wildman–Crippen MR) is 61.3 cm³/mol. The molecule has 0 unspecified atom stereocenters. The lowest BCUT2D eigenvalue weighted by Crippen LogP contribution is -2.01. The van der Waals surface area contributed by atoms with E-state index < -0.39 is 11.7 Å². The van der Waals surface area contributed by atoms with Gasteiger partial charge in [0, 0.05) is 15.8 Å². The van der Waals surface area contributed by atoms with Gasteiger partial charge in [0.1, 0.15) is 5.75 Å². The molecule has 1 aromatic heterocycles. The number of halogens is 3. The van der Waals surface area contributed by atoms with E-state index in [4.69, 9.17) is 4.74 Å². The molecule has 2 rings (SSSR count). The van der Waals surface area contributed by atoms with E-state index in [-0.39, 0.29) is 0 Å². The van der Waals surface area contributed by atoms with Gasteiger partial charge in [0.25, 0.3) is 0 Å². The number of benzene rings is 1. The van der Waals surface area contributed by atoms with Crippen LogP contribution in [0.2, 0.25) is 0 Å². The highest BCUT2D eigenvalue weighted by Gasteiger charge is 2.31. The first-order valence-corrected chi connectivity index (χ1v) is 5.69. The lowest BCUT2D eigenvalue weighted by molar-refractivity contribution is -0.137. The summed E-state index contributed by atoms with van der Waals surface area (Å²) in [7, 11) is 1.50. The summed E-state index contributed by atoms with van der Waals surface area (Å²) in [4.78, 5) is 0.551. The Bertz CT molecular complexity index is 516. The fraction of sp³-hybridized carbons (Fsp3) is 0.167. The van der Waals surface area contributed by atoms with E-state index >= 15 is 0 Å². The summed E-state index contributed by atoms with van der Waals surface area (Å²) < 4.78 is 42.5. The Labute approximate surface area is 100 Å². The third-order valence-electron chi connectivity index (χ3n) is 2.30. The van der Waals surface area contributed by atoms with E-state index in [0.29, 0.717) is 16.2 Å². The van der Waals surface area contributed by atoms with Gasteiger partial charge < -0.3 is 4.74 Å². The van der Waals surface area contributed by atoms with Gasteiger partial charge in [-0.3, -0.25) is 0 Å². The van der Waals surface area contributed by atoms with Crippen LogP contribution in [0.5, 0.6) is 5.75 Å². The normalized spacial score (nSPS) is 11.5. The monoisotopic (exact) mass is 258 g/mol. The maximum atomic E-state index is 12.5. The van der Waals surface area contributed by atoms with Gasteiger partial charge in [-0.15, -0.1) is 11.3 Å². The van der Waals surface area contributed by atoms with Crippen LogP contribution in [0.15, 0.2) is 35.7 Å². The minimum Gasteiger partial charge on any atom is -0.496 e. The second kappa shape index (κ2) is 4.41. The molecule has 0 aliphatic carbocycles. The molecule has 90 valence electrons. The topological polar surface area (TPSA) is 9.23 Å². The molecule has 0 saturated carbocycles. The van der Waals surface area contributed by atoms with Crippen molar-refractivity contribution >= 4 is 11.3 Å². The molecule has 0 amide bonds. The number of para-hydroxylation sites is 1. The molecular weight excluding hydrogens is 249 g/mol. The van der Waals surface area contributed by atoms with Gasteiger partial charge in [-0.2, -0.15) is 13.2 Å². The van der Waals surface area contributed by atoms with Crippen LogP contribution in [-0.4, -0.2) is 7.11 Å². The summed E-state index contributed by atoms with van der Waals surface area (Å²) in [6.07, 6.45) is -4.29. The number of hydrogen-bond acceptors (Lipinski definition) is 2.